The molecule has 0 spiro atoms. The Balaban J connectivity index is 1.22. The van der Waals surface area contributed by atoms with E-state index < -0.39 is 0 Å². The van der Waals surface area contributed by atoms with Gasteiger partial charge in [0, 0.05) is 33.9 Å². The van der Waals surface area contributed by atoms with E-state index in [1.165, 1.54) is 11.3 Å². The Kier molecular flexibility index (Phi) is 5.41. The second-order valence-corrected chi connectivity index (χ2v) is 9.63. The Morgan fingerprint density at radius 3 is 2.71 bits per heavy atom. The summed E-state index contributed by atoms with van der Waals surface area (Å²) in [6.07, 6.45) is 3.15. The van der Waals surface area contributed by atoms with Gasteiger partial charge < -0.3 is 10.2 Å². The van der Waals surface area contributed by atoms with Crippen molar-refractivity contribution in [2.45, 2.75) is 19.8 Å². The monoisotopic (exact) mass is 497 g/mol. The quantitative estimate of drug-likeness (QED) is 0.455. The summed E-state index contributed by atoms with van der Waals surface area (Å²) in [6.45, 7) is 3.59. The number of aryl methyl sites for hydroxylation is 1. The van der Waals surface area contributed by atoms with E-state index in [1.54, 1.807) is 10.8 Å². The number of benzene rings is 1. The fraction of sp³-hybridized carbons (Fsp3) is 0.286. The third-order valence-electron chi connectivity index (χ3n) is 5.48. The Hall–Kier alpha value is -2.85. The van der Waals surface area contributed by atoms with E-state index in [-0.39, 0.29) is 11.8 Å². The number of hydrogen-bond donors (Lipinski definition) is 1. The molecule has 0 saturated carbocycles. The number of aromatic nitrogens is 5. The molecule has 0 unspecified atom stereocenters. The number of carbonyl (C=O) groups excluding carboxylic acids is 1. The van der Waals surface area contributed by atoms with E-state index in [2.05, 4.69) is 46.4 Å². The van der Waals surface area contributed by atoms with Gasteiger partial charge in [-0.1, -0.05) is 28.1 Å². The van der Waals surface area contributed by atoms with Gasteiger partial charge in [-0.25, -0.2) is 4.98 Å². The topological polar surface area (TPSA) is 88.3 Å². The molecule has 1 amide bonds. The standard InChI is InChI=1S/C21H20BrN7OS/c1-13-19(14-2-4-16(22)5-3-14)24-21(31-13)25-20(30)15-8-10-28(11-9-15)18-7-6-17-26-23-12-29(17)27-18/h2-7,12,15H,8-11H2,1H3,(H,24,25,30). The predicted octanol–water partition coefficient (Wildman–Crippen LogP) is 4.17. The van der Waals surface area contributed by atoms with E-state index in [9.17, 15) is 4.79 Å². The van der Waals surface area contributed by atoms with Crippen molar-refractivity contribution in [2.75, 3.05) is 23.3 Å². The number of thiazole rings is 1. The molecule has 0 bridgehead atoms. The summed E-state index contributed by atoms with van der Waals surface area (Å²) in [5, 5.41) is 16.1. The molecule has 1 aliphatic rings. The number of carbonyl (C=O) groups is 1. The first kappa shape index (κ1) is 20.1. The van der Waals surface area contributed by atoms with Gasteiger partial charge >= 0.3 is 0 Å². The number of halogens is 1. The summed E-state index contributed by atoms with van der Waals surface area (Å²) in [4.78, 5) is 20.8. The van der Waals surface area contributed by atoms with E-state index in [1.807, 2.05) is 43.3 Å². The van der Waals surface area contributed by atoms with Gasteiger partial charge in [0.2, 0.25) is 5.91 Å². The van der Waals surface area contributed by atoms with Gasteiger partial charge in [-0.3, -0.25) is 4.79 Å². The molecule has 1 aromatic carbocycles. The fourth-order valence-corrected chi connectivity index (χ4v) is 4.89. The molecule has 1 fully saturated rings. The van der Waals surface area contributed by atoms with E-state index in [0.717, 1.165) is 58.0 Å². The minimum absolute atomic E-state index is 0.0322. The van der Waals surface area contributed by atoms with Crippen LogP contribution in [-0.4, -0.2) is 43.8 Å². The van der Waals surface area contributed by atoms with Crippen LogP contribution in [0, 0.1) is 12.8 Å². The Morgan fingerprint density at radius 1 is 1.16 bits per heavy atom. The van der Waals surface area contributed by atoms with E-state index in [0.29, 0.717) is 5.13 Å². The molecule has 10 heteroatoms. The second kappa shape index (κ2) is 8.35. The first-order valence-electron chi connectivity index (χ1n) is 10.0. The minimum atomic E-state index is -0.0322. The van der Waals surface area contributed by atoms with Gasteiger partial charge in [0.25, 0.3) is 0 Å². The zero-order chi connectivity index (χ0) is 21.4. The predicted molar refractivity (Wildman–Crippen MR) is 124 cm³/mol. The third kappa shape index (κ3) is 4.17. The molecule has 4 heterocycles. The average Bonchev–Trinajstić information content (AvgIpc) is 3.40. The lowest BCUT2D eigenvalue weighted by Crippen LogP contribution is -2.38. The van der Waals surface area contributed by atoms with Crippen LogP contribution in [0.2, 0.25) is 0 Å². The normalized spacial score (nSPS) is 14.8. The van der Waals surface area contributed by atoms with Crippen LogP contribution in [0.3, 0.4) is 0 Å². The van der Waals surface area contributed by atoms with Gasteiger partial charge in [0.15, 0.2) is 10.8 Å². The van der Waals surface area contributed by atoms with Crippen LogP contribution in [0.1, 0.15) is 17.7 Å². The zero-order valence-corrected chi connectivity index (χ0v) is 19.2. The van der Waals surface area contributed by atoms with E-state index >= 15 is 0 Å². The molecule has 0 radical (unpaired) electrons. The van der Waals surface area contributed by atoms with Crippen molar-refractivity contribution in [3.63, 3.8) is 0 Å². The second-order valence-electron chi connectivity index (χ2n) is 7.51. The van der Waals surface area contributed by atoms with Crippen LogP contribution in [0.4, 0.5) is 10.9 Å². The summed E-state index contributed by atoms with van der Waals surface area (Å²) in [7, 11) is 0. The highest BCUT2D eigenvalue weighted by atomic mass is 79.9. The molecule has 8 nitrogen and oxygen atoms in total. The van der Waals surface area contributed by atoms with Crippen LogP contribution >= 0.6 is 27.3 Å². The average molecular weight is 498 g/mol. The Morgan fingerprint density at radius 2 is 1.94 bits per heavy atom. The van der Waals surface area contributed by atoms with Crippen molar-refractivity contribution in [2.24, 2.45) is 5.92 Å². The number of rotatable bonds is 4. The van der Waals surface area contributed by atoms with Crippen molar-refractivity contribution < 1.29 is 4.79 Å². The fourth-order valence-electron chi connectivity index (χ4n) is 3.79. The van der Waals surface area contributed by atoms with Gasteiger partial charge in [-0.2, -0.15) is 4.52 Å². The van der Waals surface area contributed by atoms with Crippen molar-refractivity contribution in [3.8, 4) is 11.3 Å². The molecule has 0 aliphatic carbocycles. The first-order chi connectivity index (χ1) is 15.1. The summed E-state index contributed by atoms with van der Waals surface area (Å²) in [5.41, 5.74) is 2.68. The lowest BCUT2D eigenvalue weighted by Gasteiger charge is -2.31. The minimum Gasteiger partial charge on any atom is -0.355 e. The molecule has 1 N–H and O–H groups in total. The number of nitrogens with zero attached hydrogens (tertiary/aromatic N) is 6. The number of nitrogens with one attached hydrogen (secondary N) is 1. The highest BCUT2D eigenvalue weighted by Crippen LogP contribution is 2.32. The number of anilines is 2. The van der Waals surface area contributed by atoms with Gasteiger partial charge in [-0.15, -0.1) is 26.6 Å². The Bertz CT molecular complexity index is 1230. The molecule has 3 aromatic heterocycles. The summed E-state index contributed by atoms with van der Waals surface area (Å²) < 4.78 is 2.70. The number of piperidine rings is 1. The summed E-state index contributed by atoms with van der Waals surface area (Å²) in [5.74, 6) is 0.883. The molecule has 5 rings (SSSR count). The highest BCUT2D eigenvalue weighted by molar-refractivity contribution is 9.10. The molecular formula is C21H20BrN7OS. The smallest absolute Gasteiger partial charge is 0.229 e. The highest BCUT2D eigenvalue weighted by Gasteiger charge is 2.26. The van der Waals surface area contributed by atoms with Crippen LogP contribution in [0.25, 0.3) is 16.9 Å². The van der Waals surface area contributed by atoms with Crippen molar-refractivity contribution >= 4 is 49.8 Å². The van der Waals surface area contributed by atoms with Crippen LogP contribution < -0.4 is 10.2 Å². The lowest BCUT2D eigenvalue weighted by atomic mass is 9.96. The maximum absolute atomic E-state index is 12.8. The first-order valence-corrected chi connectivity index (χ1v) is 11.6. The largest absolute Gasteiger partial charge is 0.355 e. The zero-order valence-electron chi connectivity index (χ0n) is 16.8. The number of hydrogen-bond acceptors (Lipinski definition) is 7. The van der Waals surface area contributed by atoms with Crippen molar-refractivity contribution in [3.05, 3.63) is 52.1 Å². The molecule has 31 heavy (non-hydrogen) atoms. The Labute approximate surface area is 191 Å². The summed E-state index contributed by atoms with van der Waals surface area (Å²) in [6, 6.07) is 11.9. The lowest BCUT2D eigenvalue weighted by molar-refractivity contribution is -0.120. The summed E-state index contributed by atoms with van der Waals surface area (Å²) >= 11 is 4.97. The third-order valence-corrected chi connectivity index (χ3v) is 6.90. The molecule has 0 atom stereocenters. The maximum Gasteiger partial charge on any atom is 0.229 e. The molecular weight excluding hydrogens is 478 g/mol. The van der Waals surface area contributed by atoms with Gasteiger partial charge in [0.05, 0.1) is 5.69 Å². The number of amides is 1. The van der Waals surface area contributed by atoms with Crippen LogP contribution in [0.5, 0.6) is 0 Å². The van der Waals surface area contributed by atoms with Gasteiger partial charge in [0.1, 0.15) is 12.1 Å². The molecule has 1 saturated heterocycles. The molecule has 1 aliphatic heterocycles. The van der Waals surface area contributed by atoms with Crippen LogP contribution in [-0.2, 0) is 4.79 Å². The van der Waals surface area contributed by atoms with Crippen LogP contribution in [0.15, 0.2) is 47.2 Å². The van der Waals surface area contributed by atoms with Crippen molar-refractivity contribution in [1.29, 1.82) is 0 Å². The SMILES string of the molecule is Cc1sc(NC(=O)C2CCN(c3ccc4nncn4n3)CC2)nc1-c1ccc(Br)cc1. The molecule has 158 valence electrons. The maximum atomic E-state index is 12.8. The molecule has 4 aromatic rings. The number of fused-ring (bicyclic) bond motifs is 1. The van der Waals surface area contributed by atoms with Crippen molar-refractivity contribution in [1.82, 2.24) is 24.8 Å². The van der Waals surface area contributed by atoms with E-state index in [4.69, 9.17) is 0 Å². The van der Waals surface area contributed by atoms with Gasteiger partial charge in [-0.05, 0) is 44.0 Å².